The maximum atomic E-state index is 12.8. The van der Waals surface area contributed by atoms with Gasteiger partial charge in [-0.05, 0) is 42.3 Å². The van der Waals surface area contributed by atoms with Crippen molar-refractivity contribution in [3.8, 4) is 5.75 Å². The first-order chi connectivity index (χ1) is 17.3. The lowest BCUT2D eigenvalue weighted by molar-refractivity contribution is -0.192. The number of thioether (sulfide) groups is 1. The van der Waals surface area contributed by atoms with Crippen LogP contribution in [-0.2, 0) is 19.2 Å². The third-order valence-corrected chi connectivity index (χ3v) is 6.86. The number of hydrogen-bond donors (Lipinski definition) is 3. The SMILES string of the molecule is COc1ccc(C(=O)N2CCC(=CC3=C(C(=O)O)N4C(=O)[C@@H](N)[C@H]4SC3)C2=O)cc1.O=C(O)C(F)(F)F. The molecular formula is C22H20F3N3O8S. The van der Waals surface area contributed by atoms with Crippen LogP contribution in [0.25, 0.3) is 0 Å². The number of likely N-dealkylation sites (tertiary alicyclic amines) is 1. The third-order valence-electron chi connectivity index (χ3n) is 5.54. The molecule has 3 amide bonds. The van der Waals surface area contributed by atoms with Crippen LogP contribution in [0.2, 0.25) is 0 Å². The Morgan fingerprint density at radius 1 is 1.16 bits per heavy atom. The first-order valence-corrected chi connectivity index (χ1v) is 11.5. The van der Waals surface area contributed by atoms with E-state index in [4.69, 9.17) is 20.4 Å². The molecule has 3 heterocycles. The molecule has 1 aromatic carbocycles. The number of carboxylic acid groups (broad SMARTS) is 2. The van der Waals surface area contributed by atoms with Gasteiger partial charge in [-0.2, -0.15) is 13.2 Å². The Hall–Kier alpha value is -3.85. The number of β-lactam (4-membered cyclic amide) rings is 1. The zero-order chi connectivity index (χ0) is 27.7. The Morgan fingerprint density at radius 2 is 1.76 bits per heavy atom. The summed E-state index contributed by atoms with van der Waals surface area (Å²) in [5.41, 5.74) is 6.65. The normalized spacial score (nSPS) is 22.2. The maximum absolute atomic E-state index is 12.8. The van der Waals surface area contributed by atoms with Crippen LogP contribution in [0, 0.1) is 0 Å². The van der Waals surface area contributed by atoms with Crippen molar-refractivity contribution in [2.45, 2.75) is 24.0 Å². The molecule has 15 heteroatoms. The average molecular weight is 543 g/mol. The molecule has 2 fully saturated rings. The van der Waals surface area contributed by atoms with Crippen molar-refractivity contribution in [1.82, 2.24) is 9.80 Å². The largest absolute Gasteiger partial charge is 0.497 e. The number of benzene rings is 1. The van der Waals surface area contributed by atoms with Crippen molar-refractivity contribution >= 4 is 41.4 Å². The summed E-state index contributed by atoms with van der Waals surface area (Å²) in [5, 5.41) is 16.3. The molecule has 3 aliphatic rings. The lowest BCUT2D eigenvalue weighted by Gasteiger charge is -2.47. The van der Waals surface area contributed by atoms with Crippen LogP contribution >= 0.6 is 11.8 Å². The number of carbonyl (C=O) groups is 5. The molecule has 0 aliphatic carbocycles. The Kier molecular flexibility index (Phi) is 7.97. The molecule has 4 rings (SSSR count). The fraction of sp³-hybridized carbons (Fsp3) is 0.318. The summed E-state index contributed by atoms with van der Waals surface area (Å²) in [5.74, 6) is -4.44. The van der Waals surface area contributed by atoms with Crippen molar-refractivity contribution in [3.05, 3.63) is 52.7 Å². The summed E-state index contributed by atoms with van der Waals surface area (Å²) in [4.78, 5) is 60.5. The number of aliphatic carboxylic acids is 2. The molecule has 0 saturated carbocycles. The lowest BCUT2D eigenvalue weighted by Crippen LogP contribution is -2.68. The number of rotatable bonds is 4. The second-order valence-electron chi connectivity index (χ2n) is 7.83. The van der Waals surface area contributed by atoms with E-state index in [0.717, 1.165) is 4.90 Å². The molecule has 0 unspecified atom stereocenters. The van der Waals surface area contributed by atoms with Gasteiger partial charge >= 0.3 is 18.1 Å². The van der Waals surface area contributed by atoms with Gasteiger partial charge in [0.25, 0.3) is 11.8 Å². The summed E-state index contributed by atoms with van der Waals surface area (Å²) in [6.45, 7) is 0.203. The number of amides is 3. The number of halogens is 3. The number of nitrogens with two attached hydrogens (primary N) is 1. The standard InChI is InChI=1S/C20H19N3O6S.C2HF3O2/c1-29-13-4-2-10(3-5-13)16(24)22-7-6-11(17(22)25)8-12-9-30-19-14(21)18(26)23(19)15(12)20(27)28;3-2(4,5)1(6)7/h2-5,8,14,19H,6-7,9,21H2,1H3,(H,27,28);(H,6,7)/t14-,19-;/m1./s1. The van der Waals surface area contributed by atoms with Crippen LogP contribution in [-0.4, -0.2) is 86.7 Å². The fourth-order valence-corrected chi connectivity index (χ4v) is 4.94. The van der Waals surface area contributed by atoms with Gasteiger partial charge in [0.2, 0.25) is 5.91 Å². The molecule has 3 aliphatic heterocycles. The lowest BCUT2D eigenvalue weighted by atomic mass is 10.0. The van der Waals surface area contributed by atoms with E-state index in [1.165, 1.54) is 29.8 Å². The number of carboxylic acids is 2. The number of hydrogen-bond acceptors (Lipinski definition) is 8. The van der Waals surface area contributed by atoms with E-state index in [9.17, 15) is 37.5 Å². The Bertz CT molecular complexity index is 1210. The minimum absolute atomic E-state index is 0.148. The fourth-order valence-electron chi connectivity index (χ4n) is 3.69. The van der Waals surface area contributed by atoms with Crippen LogP contribution in [0.5, 0.6) is 5.75 Å². The van der Waals surface area contributed by atoms with Crippen molar-refractivity contribution in [3.63, 3.8) is 0 Å². The van der Waals surface area contributed by atoms with Gasteiger partial charge in [-0.3, -0.25) is 24.2 Å². The number of allylic oxidation sites excluding steroid dienone is 1. The van der Waals surface area contributed by atoms with Gasteiger partial charge in [-0.25, -0.2) is 9.59 Å². The van der Waals surface area contributed by atoms with Gasteiger partial charge in [0.15, 0.2) is 0 Å². The quantitative estimate of drug-likeness (QED) is 0.285. The highest BCUT2D eigenvalue weighted by atomic mass is 32.2. The smallest absolute Gasteiger partial charge is 0.490 e. The minimum atomic E-state index is -5.08. The maximum Gasteiger partial charge on any atom is 0.490 e. The molecule has 198 valence electrons. The van der Waals surface area contributed by atoms with Gasteiger partial charge < -0.3 is 20.7 Å². The highest BCUT2D eigenvalue weighted by molar-refractivity contribution is 8.00. The van der Waals surface area contributed by atoms with Crippen LogP contribution in [0.1, 0.15) is 16.8 Å². The minimum Gasteiger partial charge on any atom is -0.497 e. The van der Waals surface area contributed by atoms with Crippen molar-refractivity contribution < 1.29 is 52.1 Å². The van der Waals surface area contributed by atoms with Gasteiger partial charge in [0, 0.05) is 23.4 Å². The van der Waals surface area contributed by atoms with Crippen molar-refractivity contribution in [2.75, 3.05) is 19.4 Å². The number of fused-ring (bicyclic) bond motifs is 1. The second kappa shape index (κ2) is 10.6. The Morgan fingerprint density at radius 3 is 2.27 bits per heavy atom. The van der Waals surface area contributed by atoms with E-state index in [1.807, 2.05) is 0 Å². The van der Waals surface area contributed by atoms with E-state index < -0.39 is 47.3 Å². The highest BCUT2D eigenvalue weighted by Gasteiger charge is 2.51. The molecule has 11 nitrogen and oxygen atoms in total. The molecule has 37 heavy (non-hydrogen) atoms. The Labute approximate surface area is 211 Å². The van der Waals surface area contributed by atoms with E-state index in [1.54, 1.807) is 24.3 Å². The zero-order valence-corrected chi connectivity index (χ0v) is 19.8. The number of ether oxygens (including phenoxy) is 1. The molecule has 0 bridgehead atoms. The van der Waals surface area contributed by atoms with Gasteiger partial charge in [0.1, 0.15) is 22.9 Å². The van der Waals surface area contributed by atoms with Gasteiger partial charge in [-0.15, -0.1) is 11.8 Å². The predicted molar refractivity (Wildman–Crippen MR) is 121 cm³/mol. The van der Waals surface area contributed by atoms with Crippen molar-refractivity contribution in [2.24, 2.45) is 5.73 Å². The van der Waals surface area contributed by atoms with Crippen molar-refractivity contribution in [1.29, 1.82) is 0 Å². The topological polar surface area (TPSA) is 168 Å². The first kappa shape index (κ1) is 27.7. The molecule has 0 spiro atoms. The van der Waals surface area contributed by atoms with Gasteiger partial charge in [-0.1, -0.05) is 0 Å². The van der Waals surface area contributed by atoms with E-state index in [0.29, 0.717) is 34.6 Å². The predicted octanol–water partition coefficient (Wildman–Crippen LogP) is 1.21. The summed E-state index contributed by atoms with van der Waals surface area (Å²) < 4.78 is 36.8. The number of alkyl halides is 3. The first-order valence-electron chi connectivity index (χ1n) is 10.5. The summed E-state index contributed by atoms with van der Waals surface area (Å²) in [6, 6.07) is 5.72. The number of carbonyl (C=O) groups excluding carboxylic acids is 3. The summed E-state index contributed by atoms with van der Waals surface area (Å²) >= 11 is 1.36. The second-order valence-corrected chi connectivity index (χ2v) is 8.93. The molecular weight excluding hydrogens is 523 g/mol. The van der Waals surface area contributed by atoms with E-state index in [2.05, 4.69) is 0 Å². The van der Waals surface area contributed by atoms with Gasteiger partial charge in [0.05, 0.1) is 7.11 Å². The summed E-state index contributed by atoms with van der Waals surface area (Å²) in [7, 11) is 1.52. The van der Waals surface area contributed by atoms with Crippen LogP contribution < -0.4 is 10.5 Å². The Balaban J connectivity index is 0.000000479. The third kappa shape index (κ3) is 5.61. The molecule has 4 N–H and O–H groups in total. The summed E-state index contributed by atoms with van der Waals surface area (Å²) in [6.07, 6.45) is -3.29. The molecule has 2 atom stereocenters. The highest BCUT2D eigenvalue weighted by Crippen LogP contribution is 2.40. The number of methoxy groups -OCH3 is 1. The molecule has 2 saturated heterocycles. The van der Waals surface area contributed by atoms with Crippen LogP contribution in [0.15, 0.2) is 47.2 Å². The van der Waals surface area contributed by atoms with E-state index in [-0.39, 0.29) is 12.2 Å². The number of imide groups is 1. The average Bonchev–Trinajstić information content (AvgIpc) is 3.22. The van der Waals surface area contributed by atoms with Crippen LogP contribution in [0.3, 0.4) is 0 Å². The van der Waals surface area contributed by atoms with Crippen LogP contribution in [0.4, 0.5) is 13.2 Å². The van der Waals surface area contributed by atoms with E-state index >= 15 is 0 Å². The molecule has 1 aromatic rings. The zero-order valence-electron chi connectivity index (χ0n) is 19.0. The number of nitrogens with zero attached hydrogens (tertiary/aromatic N) is 2. The molecule has 0 radical (unpaired) electrons. The molecule has 0 aromatic heterocycles. The monoisotopic (exact) mass is 543 g/mol.